The molecule has 0 saturated carbocycles. The molecule has 134 valence electrons. The minimum atomic E-state index is -0.616. The average molecular weight is 474 g/mol. The molecular weight excluding hydrogens is 455 g/mol. The lowest BCUT2D eigenvalue weighted by molar-refractivity contribution is 0.0502. The Balaban J connectivity index is 2.30. The molecule has 0 unspecified atom stereocenters. The van der Waals surface area contributed by atoms with E-state index in [1.807, 2.05) is 6.07 Å². The van der Waals surface area contributed by atoms with Gasteiger partial charge in [0.05, 0.1) is 11.7 Å². The second kappa shape index (κ2) is 8.27. The Morgan fingerprint density at radius 2 is 2.00 bits per heavy atom. The Kier molecular flexibility index (Phi) is 6.57. The van der Waals surface area contributed by atoms with Gasteiger partial charge in [0.1, 0.15) is 16.0 Å². The van der Waals surface area contributed by atoms with Crippen LogP contribution < -0.4 is 5.32 Å². The number of pyridine rings is 1. The third-order valence-corrected chi connectivity index (χ3v) is 4.30. The van der Waals surface area contributed by atoms with Gasteiger partial charge in [-0.3, -0.25) is 0 Å². The second-order valence-corrected chi connectivity index (χ2v) is 8.20. The number of halogens is 3. The standard InChI is InChI=1S/C18H19Br2FN2O2/c1-18(2,3)25-17(24)22-14(10-11-5-4-6-12(21)9-11)16-13(19)7-8-15(20)23-16/h4-9,14H,10H2,1-3H3,(H,22,24)/t14-/m0/s1. The summed E-state index contributed by atoms with van der Waals surface area (Å²) in [6, 6.07) is 9.41. The highest BCUT2D eigenvalue weighted by molar-refractivity contribution is 9.11. The molecule has 0 bridgehead atoms. The Bertz CT molecular complexity index is 763. The van der Waals surface area contributed by atoms with Gasteiger partial charge in [-0.15, -0.1) is 0 Å². The normalized spacial score (nSPS) is 12.6. The van der Waals surface area contributed by atoms with Gasteiger partial charge in [-0.25, -0.2) is 14.2 Å². The van der Waals surface area contributed by atoms with Gasteiger partial charge < -0.3 is 10.1 Å². The minimum Gasteiger partial charge on any atom is -0.444 e. The lowest BCUT2D eigenvalue weighted by Gasteiger charge is -2.24. The van der Waals surface area contributed by atoms with Crippen LogP contribution in [-0.4, -0.2) is 16.7 Å². The number of benzene rings is 1. The van der Waals surface area contributed by atoms with Crippen LogP contribution in [0.1, 0.15) is 38.1 Å². The minimum absolute atomic E-state index is 0.324. The summed E-state index contributed by atoms with van der Waals surface area (Å²) in [6.45, 7) is 5.38. The molecule has 0 aliphatic heterocycles. The Morgan fingerprint density at radius 1 is 1.28 bits per heavy atom. The summed E-state index contributed by atoms with van der Waals surface area (Å²) in [5.41, 5.74) is 0.759. The molecule has 4 nitrogen and oxygen atoms in total. The van der Waals surface area contributed by atoms with Crippen LogP contribution in [0.25, 0.3) is 0 Å². The van der Waals surface area contributed by atoms with Gasteiger partial charge in [0.15, 0.2) is 0 Å². The monoisotopic (exact) mass is 472 g/mol. The number of carbonyl (C=O) groups is 1. The number of carbonyl (C=O) groups excluding carboxylic acids is 1. The molecule has 0 aliphatic carbocycles. The first-order valence-corrected chi connectivity index (χ1v) is 9.28. The Hall–Kier alpha value is -1.47. The molecule has 0 saturated heterocycles. The maximum atomic E-state index is 13.5. The van der Waals surface area contributed by atoms with Crippen molar-refractivity contribution in [3.8, 4) is 0 Å². The Labute approximate surface area is 163 Å². The van der Waals surface area contributed by atoms with Gasteiger partial charge in [0.2, 0.25) is 0 Å². The molecule has 1 N–H and O–H groups in total. The predicted molar refractivity (Wildman–Crippen MR) is 102 cm³/mol. The van der Waals surface area contributed by atoms with Crippen LogP contribution in [-0.2, 0) is 11.2 Å². The van der Waals surface area contributed by atoms with E-state index >= 15 is 0 Å². The molecule has 0 fully saturated rings. The van der Waals surface area contributed by atoms with E-state index in [2.05, 4.69) is 42.2 Å². The van der Waals surface area contributed by atoms with E-state index < -0.39 is 17.7 Å². The van der Waals surface area contributed by atoms with Crippen molar-refractivity contribution in [2.45, 2.75) is 38.8 Å². The smallest absolute Gasteiger partial charge is 0.408 e. The summed E-state index contributed by atoms with van der Waals surface area (Å²) in [4.78, 5) is 16.7. The van der Waals surface area contributed by atoms with E-state index in [0.717, 1.165) is 10.0 Å². The van der Waals surface area contributed by atoms with E-state index in [1.165, 1.54) is 12.1 Å². The molecule has 0 aliphatic rings. The Morgan fingerprint density at radius 3 is 2.64 bits per heavy atom. The number of nitrogens with one attached hydrogen (secondary N) is 1. The number of nitrogens with zero attached hydrogens (tertiary/aromatic N) is 1. The highest BCUT2D eigenvalue weighted by Gasteiger charge is 2.23. The van der Waals surface area contributed by atoms with E-state index in [0.29, 0.717) is 16.7 Å². The molecule has 1 aromatic heterocycles. The van der Waals surface area contributed by atoms with Crippen molar-refractivity contribution >= 4 is 38.0 Å². The van der Waals surface area contributed by atoms with Crippen LogP contribution in [0.2, 0.25) is 0 Å². The first-order valence-electron chi connectivity index (χ1n) is 7.70. The molecule has 1 aromatic carbocycles. The van der Waals surface area contributed by atoms with Gasteiger partial charge >= 0.3 is 6.09 Å². The van der Waals surface area contributed by atoms with Crippen molar-refractivity contribution in [2.75, 3.05) is 0 Å². The molecule has 7 heteroatoms. The molecular formula is C18H19Br2FN2O2. The zero-order chi connectivity index (χ0) is 18.6. The van der Waals surface area contributed by atoms with Crippen molar-refractivity contribution in [1.29, 1.82) is 0 Å². The van der Waals surface area contributed by atoms with Crippen LogP contribution in [0.3, 0.4) is 0 Å². The van der Waals surface area contributed by atoms with Crippen LogP contribution in [0.15, 0.2) is 45.5 Å². The largest absolute Gasteiger partial charge is 0.444 e. The number of hydrogen-bond acceptors (Lipinski definition) is 3. The summed E-state index contributed by atoms with van der Waals surface area (Å²) in [7, 11) is 0. The van der Waals surface area contributed by atoms with Crippen molar-refractivity contribution < 1.29 is 13.9 Å². The van der Waals surface area contributed by atoms with E-state index in [-0.39, 0.29) is 5.82 Å². The van der Waals surface area contributed by atoms with Gasteiger partial charge in [-0.05, 0) is 88.9 Å². The fraction of sp³-hybridized carbons (Fsp3) is 0.333. The van der Waals surface area contributed by atoms with Crippen LogP contribution in [0.5, 0.6) is 0 Å². The summed E-state index contributed by atoms with van der Waals surface area (Å²) in [5, 5.41) is 2.83. The molecule has 25 heavy (non-hydrogen) atoms. The average Bonchev–Trinajstić information content (AvgIpc) is 2.47. The second-order valence-electron chi connectivity index (χ2n) is 6.53. The van der Waals surface area contributed by atoms with Crippen LogP contribution in [0, 0.1) is 5.82 Å². The number of amides is 1. The van der Waals surface area contributed by atoms with E-state index in [9.17, 15) is 9.18 Å². The number of hydrogen-bond donors (Lipinski definition) is 1. The third kappa shape index (κ3) is 6.40. The number of aromatic nitrogens is 1. The fourth-order valence-corrected chi connectivity index (χ4v) is 3.06. The molecule has 1 atom stereocenters. The van der Waals surface area contributed by atoms with Crippen molar-refractivity contribution in [1.82, 2.24) is 10.3 Å². The zero-order valence-electron chi connectivity index (χ0n) is 14.1. The van der Waals surface area contributed by atoms with Crippen molar-refractivity contribution in [2.24, 2.45) is 0 Å². The van der Waals surface area contributed by atoms with Crippen molar-refractivity contribution in [3.05, 3.63) is 62.5 Å². The maximum absolute atomic E-state index is 13.5. The van der Waals surface area contributed by atoms with E-state index in [4.69, 9.17) is 4.74 Å². The highest BCUT2D eigenvalue weighted by Crippen LogP contribution is 2.27. The van der Waals surface area contributed by atoms with Crippen LogP contribution in [0.4, 0.5) is 9.18 Å². The third-order valence-electron chi connectivity index (χ3n) is 3.19. The van der Waals surface area contributed by atoms with Gasteiger partial charge in [0, 0.05) is 4.47 Å². The lowest BCUT2D eigenvalue weighted by atomic mass is 10.0. The van der Waals surface area contributed by atoms with E-state index in [1.54, 1.807) is 39.0 Å². The highest BCUT2D eigenvalue weighted by atomic mass is 79.9. The van der Waals surface area contributed by atoms with Gasteiger partial charge in [-0.2, -0.15) is 0 Å². The first kappa shape index (κ1) is 19.8. The first-order chi connectivity index (χ1) is 11.6. The van der Waals surface area contributed by atoms with Crippen molar-refractivity contribution in [3.63, 3.8) is 0 Å². The molecule has 0 radical (unpaired) electrons. The molecule has 1 heterocycles. The summed E-state index contributed by atoms with van der Waals surface area (Å²) < 4.78 is 20.2. The van der Waals surface area contributed by atoms with Gasteiger partial charge in [0.25, 0.3) is 0 Å². The summed E-state index contributed by atoms with van der Waals surface area (Å²) in [6.07, 6.45) is -0.179. The quantitative estimate of drug-likeness (QED) is 0.592. The summed E-state index contributed by atoms with van der Waals surface area (Å²) >= 11 is 6.80. The molecule has 1 amide bonds. The van der Waals surface area contributed by atoms with Crippen LogP contribution >= 0.6 is 31.9 Å². The molecule has 2 rings (SSSR count). The van der Waals surface area contributed by atoms with Gasteiger partial charge in [-0.1, -0.05) is 12.1 Å². The lowest BCUT2D eigenvalue weighted by Crippen LogP contribution is -2.36. The number of ether oxygens (including phenoxy) is 1. The predicted octanol–water partition coefficient (Wildman–Crippen LogP) is 5.55. The fourth-order valence-electron chi connectivity index (χ4n) is 2.24. The molecule has 2 aromatic rings. The molecule has 0 spiro atoms. The number of alkyl carbamates (subject to hydrolysis) is 1. The number of rotatable bonds is 4. The zero-order valence-corrected chi connectivity index (χ0v) is 17.3. The summed E-state index contributed by atoms with van der Waals surface area (Å²) in [5.74, 6) is -0.324. The maximum Gasteiger partial charge on any atom is 0.408 e. The topological polar surface area (TPSA) is 51.2 Å². The SMILES string of the molecule is CC(C)(C)OC(=O)N[C@@H](Cc1cccc(F)c1)c1nc(Br)ccc1Br.